The molecule has 0 aliphatic heterocycles. The average Bonchev–Trinajstić information content (AvgIpc) is 2.56. The number of aldehydes is 1. The zero-order valence-electron chi connectivity index (χ0n) is 13.5. The first kappa shape index (κ1) is 19.7. The molecule has 0 spiro atoms. The largest absolute Gasteiger partial charge is 0.501 e. The van der Waals surface area contributed by atoms with Crippen molar-refractivity contribution in [1.29, 1.82) is 0 Å². The second-order valence-corrected chi connectivity index (χ2v) is 7.86. The van der Waals surface area contributed by atoms with E-state index in [2.05, 4.69) is 5.32 Å². The number of hydrogen-bond acceptors (Lipinski definition) is 5. The number of alkyl halides is 3. The molecule has 5 nitrogen and oxygen atoms in total. The third kappa shape index (κ3) is 5.18. The second-order valence-electron chi connectivity index (χ2n) is 5.92. The Kier molecular flexibility index (Phi) is 6.45. The predicted molar refractivity (Wildman–Crippen MR) is 86.0 cm³/mol. The fourth-order valence-corrected chi connectivity index (χ4v) is 3.52. The Morgan fingerprint density at radius 1 is 1.12 bits per heavy atom. The van der Waals surface area contributed by atoms with Crippen LogP contribution in [0.2, 0.25) is 0 Å². The molecule has 0 aromatic heterocycles. The van der Waals surface area contributed by atoms with E-state index in [4.69, 9.17) is 4.74 Å². The summed E-state index contributed by atoms with van der Waals surface area (Å²) in [5.74, 6) is 0. The Balaban J connectivity index is 1.88. The van der Waals surface area contributed by atoms with Crippen LogP contribution in [0.1, 0.15) is 32.1 Å². The first-order chi connectivity index (χ1) is 11.7. The summed E-state index contributed by atoms with van der Waals surface area (Å²) in [7, 11) is -5.31. The molecule has 1 aromatic rings. The molecule has 1 saturated carbocycles. The number of sulfone groups is 1. The highest BCUT2D eigenvalue weighted by atomic mass is 32.2. The molecule has 1 N–H and O–H groups in total. The molecule has 9 heteroatoms. The lowest BCUT2D eigenvalue weighted by Gasteiger charge is -2.29. The first-order valence-corrected chi connectivity index (χ1v) is 9.45. The summed E-state index contributed by atoms with van der Waals surface area (Å²) < 4.78 is 65.7. The van der Waals surface area contributed by atoms with E-state index in [1.807, 2.05) is 0 Å². The predicted octanol–water partition coefficient (Wildman–Crippen LogP) is 3.31. The summed E-state index contributed by atoms with van der Waals surface area (Å²) in [4.78, 5) is 9.49. The molecule has 25 heavy (non-hydrogen) atoms. The van der Waals surface area contributed by atoms with E-state index in [1.54, 1.807) is 0 Å². The zero-order chi connectivity index (χ0) is 18.5. The van der Waals surface area contributed by atoms with Crippen molar-refractivity contribution < 1.29 is 31.1 Å². The third-order valence-electron chi connectivity index (χ3n) is 4.10. The smallest absolute Gasteiger partial charge is 0.382 e. The van der Waals surface area contributed by atoms with Crippen molar-refractivity contribution in [2.24, 2.45) is 0 Å². The maximum absolute atomic E-state index is 12.5. The summed E-state index contributed by atoms with van der Waals surface area (Å²) in [6.45, 7) is 0.418. The standard InChI is InChI=1S/C16H20F3NO4S/c17-16(18,19)25(22,23)15-8-4-13(5-9-15)20-12-2-6-14(7-3-12)24-11-1-10-21/h4-5,8-10,12,14,20H,1-3,6-7,11H2. The normalized spacial score (nSPS) is 21.7. The molecule has 1 aromatic carbocycles. The third-order valence-corrected chi connectivity index (χ3v) is 5.61. The number of carbonyl (C=O) groups excluding carboxylic acids is 1. The second kappa shape index (κ2) is 8.18. The van der Waals surface area contributed by atoms with Gasteiger partial charge >= 0.3 is 5.51 Å². The zero-order valence-corrected chi connectivity index (χ0v) is 14.3. The monoisotopic (exact) mass is 379 g/mol. The van der Waals surface area contributed by atoms with Crippen molar-refractivity contribution in [2.75, 3.05) is 11.9 Å². The fraction of sp³-hybridized carbons (Fsp3) is 0.562. The van der Waals surface area contributed by atoms with Gasteiger partial charge < -0.3 is 14.8 Å². The van der Waals surface area contributed by atoms with Gasteiger partial charge in [-0.05, 0) is 49.9 Å². The van der Waals surface area contributed by atoms with E-state index in [-0.39, 0.29) is 12.1 Å². The van der Waals surface area contributed by atoms with Crippen LogP contribution in [0.5, 0.6) is 0 Å². The van der Waals surface area contributed by atoms with E-state index < -0.39 is 20.2 Å². The van der Waals surface area contributed by atoms with Crippen LogP contribution in [0.3, 0.4) is 0 Å². The molecular weight excluding hydrogens is 359 g/mol. The summed E-state index contributed by atoms with van der Waals surface area (Å²) in [6, 6.07) is 4.74. The van der Waals surface area contributed by atoms with Gasteiger partial charge in [0.25, 0.3) is 9.84 Å². The van der Waals surface area contributed by atoms with E-state index >= 15 is 0 Å². The van der Waals surface area contributed by atoms with Crippen LogP contribution in [-0.2, 0) is 19.4 Å². The number of carbonyl (C=O) groups is 1. The van der Waals surface area contributed by atoms with Gasteiger partial charge in [-0.3, -0.25) is 0 Å². The molecule has 1 fully saturated rings. The highest BCUT2D eigenvalue weighted by molar-refractivity contribution is 7.92. The number of nitrogens with one attached hydrogen (secondary N) is 1. The molecule has 0 unspecified atom stereocenters. The molecular formula is C16H20F3NO4S. The van der Waals surface area contributed by atoms with Crippen LogP contribution in [0.25, 0.3) is 0 Å². The van der Waals surface area contributed by atoms with Crippen LogP contribution in [-0.4, -0.2) is 39.0 Å². The topological polar surface area (TPSA) is 72.5 Å². The van der Waals surface area contributed by atoms with Gasteiger partial charge in [0.1, 0.15) is 6.29 Å². The van der Waals surface area contributed by atoms with Crippen molar-refractivity contribution >= 4 is 21.8 Å². The van der Waals surface area contributed by atoms with E-state index in [0.717, 1.165) is 44.1 Å². The Hall–Kier alpha value is -1.61. The number of benzene rings is 1. The highest BCUT2D eigenvalue weighted by Crippen LogP contribution is 2.31. The Morgan fingerprint density at radius 2 is 1.72 bits per heavy atom. The van der Waals surface area contributed by atoms with Gasteiger partial charge in [-0.1, -0.05) is 0 Å². The lowest BCUT2D eigenvalue weighted by atomic mass is 9.92. The highest BCUT2D eigenvalue weighted by Gasteiger charge is 2.46. The first-order valence-electron chi connectivity index (χ1n) is 7.97. The van der Waals surface area contributed by atoms with Gasteiger partial charge in [0, 0.05) is 18.2 Å². The quantitative estimate of drug-likeness (QED) is 0.581. The van der Waals surface area contributed by atoms with Gasteiger partial charge in [-0.2, -0.15) is 13.2 Å². The molecule has 0 heterocycles. The van der Waals surface area contributed by atoms with Gasteiger partial charge in [0.2, 0.25) is 0 Å². The minimum absolute atomic E-state index is 0.123. The number of hydrogen-bond donors (Lipinski definition) is 1. The van der Waals surface area contributed by atoms with E-state index in [1.165, 1.54) is 12.1 Å². The molecule has 1 aliphatic rings. The SMILES string of the molecule is O=CCCOC1CCC(Nc2ccc(S(=O)(=O)C(F)(F)F)cc2)CC1. The summed E-state index contributed by atoms with van der Waals surface area (Å²) >= 11 is 0. The van der Waals surface area contributed by atoms with E-state index in [9.17, 15) is 26.4 Å². The van der Waals surface area contributed by atoms with Crippen molar-refractivity contribution in [2.45, 2.75) is 54.7 Å². The van der Waals surface area contributed by atoms with Crippen LogP contribution in [0.4, 0.5) is 18.9 Å². The summed E-state index contributed by atoms with van der Waals surface area (Å²) in [6.07, 6.45) is 4.63. The minimum Gasteiger partial charge on any atom is -0.382 e. The van der Waals surface area contributed by atoms with Gasteiger partial charge in [-0.25, -0.2) is 8.42 Å². The molecule has 0 radical (unpaired) electrons. The number of halogens is 3. The molecule has 0 amide bonds. The summed E-state index contributed by atoms with van der Waals surface area (Å²) in [5.41, 5.74) is -4.73. The fourth-order valence-electron chi connectivity index (χ4n) is 2.76. The van der Waals surface area contributed by atoms with Gasteiger partial charge in [0.05, 0.1) is 17.6 Å². The van der Waals surface area contributed by atoms with Crippen molar-refractivity contribution in [3.05, 3.63) is 24.3 Å². The van der Waals surface area contributed by atoms with Crippen molar-refractivity contribution in [3.8, 4) is 0 Å². The molecule has 140 valence electrons. The maximum Gasteiger partial charge on any atom is 0.501 e. The lowest BCUT2D eigenvalue weighted by molar-refractivity contribution is -0.109. The van der Waals surface area contributed by atoms with Crippen LogP contribution in [0.15, 0.2) is 29.2 Å². The molecule has 1 aliphatic carbocycles. The Bertz CT molecular complexity index is 666. The van der Waals surface area contributed by atoms with Crippen LogP contribution in [0, 0.1) is 0 Å². The maximum atomic E-state index is 12.5. The molecule has 0 atom stereocenters. The van der Waals surface area contributed by atoms with Gasteiger partial charge in [-0.15, -0.1) is 0 Å². The minimum atomic E-state index is -5.31. The number of rotatable bonds is 7. The van der Waals surface area contributed by atoms with Crippen LogP contribution < -0.4 is 5.32 Å². The number of ether oxygens (including phenoxy) is 1. The Labute approximate surface area is 144 Å². The molecule has 0 saturated heterocycles. The van der Waals surface area contributed by atoms with Crippen LogP contribution >= 0.6 is 0 Å². The lowest BCUT2D eigenvalue weighted by Crippen LogP contribution is -2.30. The Morgan fingerprint density at radius 3 is 2.24 bits per heavy atom. The summed E-state index contributed by atoms with van der Waals surface area (Å²) in [5, 5.41) is 3.20. The van der Waals surface area contributed by atoms with E-state index in [0.29, 0.717) is 18.7 Å². The van der Waals surface area contributed by atoms with Gasteiger partial charge in [0.15, 0.2) is 0 Å². The average molecular weight is 379 g/mol. The van der Waals surface area contributed by atoms with Crippen molar-refractivity contribution in [3.63, 3.8) is 0 Å². The molecule has 0 bridgehead atoms. The molecule has 2 rings (SSSR count). The number of anilines is 1. The van der Waals surface area contributed by atoms with Crippen molar-refractivity contribution in [1.82, 2.24) is 0 Å².